The summed E-state index contributed by atoms with van der Waals surface area (Å²) in [6.45, 7) is 0. The summed E-state index contributed by atoms with van der Waals surface area (Å²) in [6, 6.07) is 16.7. The average molecular weight is 315 g/mol. The van der Waals surface area contributed by atoms with Crippen LogP contribution in [0.4, 0.5) is 5.69 Å². The van der Waals surface area contributed by atoms with Gasteiger partial charge in [-0.05, 0) is 23.8 Å². The molecule has 1 N–H and O–H groups in total. The summed E-state index contributed by atoms with van der Waals surface area (Å²) in [5.41, 5.74) is 1.91. The molecule has 0 aliphatic heterocycles. The van der Waals surface area contributed by atoms with E-state index in [2.05, 4.69) is 27.3 Å². The Morgan fingerprint density at radius 3 is 2.63 bits per heavy atom. The molecule has 0 saturated heterocycles. The summed E-state index contributed by atoms with van der Waals surface area (Å²) < 4.78 is 0.821. The van der Waals surface area contributed by atoms with E-state index in [-0.39, 0.29) is 12.3 Å². The highest BCUT2D eigenvalue weighted by Gasteiger charge is 2.08. The standard InChI is InChI=1S/C15H11BrN2O/c16-13-7-6-12(10-17)14(9-13)18-15(19)8-11-4-2-1-3-5-11/h1-7,9H,8H2,(H,18,19). The molecule has 2 aromatic carbocycles. The summed E-state index contributed by atoms with van der Waals surface area (Å²) in [4.78, 5) is 11.9. The zero-order valence-electron chi connectivity index (χ0n) is 10.1. The van der Waals surface area contributed by atoms with E-state index in [1.54, 1.807) is 18.2 Å². The largest absolute Gasteiger partial charge is 0.325 e. The first kappa shape index (κ1) is 13.3. The van der Waals surface area contributed by atoms with Gasteiger partial charge in [0.05, 0.1) is 17.7 Å². The fourth-order valence-electron chi connectivity index (χ4n) is 1.69. The highest BCUT2D eigenvalue weighted by molar-refractivity contribution is 9.10. The summed E-state index contributed by atoms with van der Waals surface area (Å²) in [7, 11) is 0. The normalized spacial score (nSPS) is 9.68. The molecular weight excluding hydrogens is 304 g/mol. The summed E-state index contributed by atoms with van der Waals surface area (Å²) in [5, 5.41) is 11.8. The Balaban J connectivity index is 2.11. The van der Waals surface area contributed by atoms with Gasteiger partial charge in [-0.3, -0.25) is 4.79 Å². The number of amides is 1. The van der Waals surface area contributed by atoms with Gasteiger partial charge in [0, 0.05) is 4.47 Å². The van der Waals surface area contributed by atoms with E-state index >= 15 is 0 Å². The van der Waals surface area contributed by atoms with Gasteiger partial charge in [0.15, 0.2) is 0 Å². The lowest BCUT2D eigenvalue weighted by atomic mass is 10.1. The number of hydrogen-bond donors (Lipinski definition) is 1. The van der Waals surface area contributed by atoms with Gasteiger partial charge in [0.1, 0.15) is 6.07 Å². The highest BCUT2D eigenvalue weighted by atomic mass is 79.9. The first-order valence-electron chi connectivity index (χ1n) is 5.72. The quantitative estimate of drug-likeness (QED) is 0.942. The number of benzene rings is 2. The van der Waals surface area contributed by atoms with Gasteiger partial charge in [-0.1, -0.05) is 46.3 Å². The summed E-state index contributed by atoms with van der Waals surface area (Å²) in [6.07, 6.45) is 0.290. The van der Waals surface area contributed by atoms with Crippen molar-refractivity contribution in [3.05, 3.63) is 64.1 Å². The van der Waals surface area contributed by atoms with Crippen LogP contribution in [0.1, 0.15) is 11.1 Å². The van der Waals surface area contributed by atoms with Gasteiger partial charge < -0.3 is 5.32 Å². The van der Waals surface area contributed by atoms with Gasteiger partial charge >= 0.3 is 0 Å². The fraction of sp³-hybridized carbons (Fsp3) is 0.0667. The summed E-state index contributed by atoms with van der Waals surface area (Å²) in [5.74, 6) is -0.138. The van der Waals surface area contributed by atoms with Crippen molar-refractivity contribution >= 4 is 27.5 Å². The molecule has 0 aliphatic rings. The van der Waals surface area contributed by atoms with Crippen LogP contribution in [0.5, 0.6) is 0 Å². The van der Waals surface area contributed by atoms with Gasteiger partial charge in [-0.15, -0.1) is 0 Å². The maximum Gasteiger partial charge on any atom is 0.228 e. The lowest BCUT2D eigenvalue weighted by molar-refractivity contribution is -0.115. The van der Waals surface area contributed by atoms with Crippen LogP contribution >= 0.6 is 15.9 Å². The van der Waals surface area contributed by atoms with Crippen molar-refractivity contribution in [2.75, 3.05) is 5.32 Å². The molecule has 2 aromatic rings. The summed E-state index contributed by atoms with van der Waals surface area (Å²) >= 11 is 3.32. The molecule has 0 aliphatic carbocycles. The van der Waals surface area contributed by atoms with Crippen LogP contribution in [0.2, 0.25) is 0 Å². The Hall–Kier alpha value is -2.12. The second kappa shape index (κ2) is 6.17. The smallest absolute Gasteiger partial charge is 0.228 e. The molecule has 94 valence electrons. The van der Waals surface area contributed by atoms with Crippen LogP contribution in [0.25, 0.3) is 0 Å². The van der Waals surface area contributed by atoms with Gasteiger partial charge in [0.25, 0.3) is 0 Å². The molecule has 0 radical (unpaired) electrons. The molecular formula is C15H11BrN2O. The Labute approximate surface area is 120 Å². The number of hydrogen-bond acceptors (Lipinski definition) is 2. The predicted octanol–water partition coefficient (Wildman–Crippen LogP) is 3.50. The minimum Gasteiger partial charge on any atom is -0.325 e. The third kappa shape index (κ3) is 3.67. The molecule has 0 bridgehead atoms. The Kier molecular flexibility index (Phi) is 4.32. The molecule has 19 heavy (non-hydrogen) atoms. The van der Waals surface area contributed by atoms with Gasteiger partial charge in [-0.2, -0.15) is 5.26 Å². The molecule has 0 atom stereocenters. The minimum absolute atomic E-state index is 0.138. The maximum absolute atomic E-state index is 11.9. The molecule has 0 unspecified atom stereocenters. The Bertz CT molecular complexity index is 632. The van der Waals surface area contributed by atoms with Crippen LogP contribution in [-0.2, 0) is 11.2 Å². The Morgan fingerprint density at radius 1 is 1.21 bits per heavy atom. The fourth-order valence-corrected chi connectivity index (χ4v) is 2.05. The van der Waals surface area contributed by atoms with E-state index in [0.29, 0.717) is 11.3 Å². The van der Waals surface area contributed by atoms with E-state index in [0.717, 1.165) is 10.0 Å². The first-order valence-corrected chi connectivity index (χ1v) is 6.52. The Morgan fingerprint density at radius 2 is 1.95 bits per heavy atom. The second-order valence-electron chi connectivity index (χ2n) is 4.01. The van der Waals surface area contributed by atoms with Crippen LogP contribution < -0.4 is 5.32 Å². The number of carbonyl (C=O) groups is 1. The highest BCUT2D eigenvalue weighted by Crippen LogP contribution is 2.21. The monoisotopic (exact) mass is 314 g/mol. The van der Waals surface area contributed by atoms with Crippen molar-refractivity contribution in [1.29, 1.82) is 5.26 Å². The molecule has 1 amide bonds. The predicted molar refractivity (Wildman–Crippen MR) is 77.6 cm³/mol. The molecule has 0 spiro atoms. The van der Waals surface area contributed by atoms with Crippen LogP contribution in [0, 0.1) is 11.3 Å². The van der Waals surface area contributed by atoms with Crippen molar-refractivity contribution in [1.82, 2.24) is 0 Å². The van der Waals surface area contributed by atoms with E-state index < -0.39 is 0 Å². The van der Waals surface area contributed by atoms with E-state index in [4.69, 9.17) is 5.26 Å². The number of anilines is 1. The average Bonchev–Trinajstić information content (AvgIpc) is 2.40. The van der Waals surface area contributed by atoms with Crippen LogP contribution in [0.15, 0.2) is 53.0 Å². The second-order valence-corrected chi connectivity index (χ2v) is 4.93. The van der Waals surface area contributed by atoms with Gasteiger partial charge in [-0.25, -0.2) is 0 Å². The van der Waals surface area contributed by atoms with Crippen molar-refractivity contribution in [3.63, 3.8) is 0 Å². The topological polar surface area (TPSA) is 52.9 Å². The number of nitrogens with one attached hydrogen (secondary N) is 1. The number of halogens is 1. The third-order valence-corrected chi connectivity index (χ3v) is 3.08. The van der Waals surface area contributed by atoms with E-state index in [1.165, 1.54) is 0 Å². The van der Waals surface area contributed by atoms with Crippen molar-refractivity contribution in [2.45, 2.75) is 6.42 Å². The van der Waals surface area contributed by atoms with Crippen LogP contribution in [0.3, 0.4) is 0 Å². The minimum atomic E-state index is -0.138. The lowest BCUT2D eigenvalue weighted by Crippen LogP contribution is -2.15. The number of nitriles is 1. The van der Waals surface area contributed by atoms with Crippen LogP contribution in [-0.4, -0.2) is 5.91 Å². The number of nitrogens with zero attached hydrogens (tertiary/aromatic N) is 1. The van der Waals surface area contributed by atoms with Gasteiger partial charge in [0.2, 0.25) is 5.91 Å². The molecule has 0 heterocycles. The molecule has 3 nitrogen and oxygen atoms in total. The maximum atomic E-state index is 11.9. The lowest BCUT2D eigenvalue weighted by Gasteiger charge is -2.07. The van der Waals surface area contributed by atoms with E-state index in [1.807, 2.05) is 30.3 Å². The molecule has 0 aromatic heterocycles. The van der Waals surface area contributed by atoms with Crippen molar-refractivity contribution in [3.8, 4) is 6.07 Å². The van der Waals surface area contributed by atoms with Crippen molar-refractivity contribution in [2.24, 2.45) is 0 Å². The van der Waals surface area contributed by atoms with E-state index in [9.17, 15) is 4.79 Å². The molecule has 4 heteroatoms. The molecule has 0 saturated carbocycles. The van der Waals surface area contributed by atoms with Crippen molar-refractivity contribution < 1.29 is 4.79 Å². The number of carbonyl (C=O) groups excluding carboxylic acids is 1. The zero-order valence-corrected chi connectivity index (χ0v) is 11.6. The molecule has 2 rings (SSSR count). The third-order valence-electron chi connectivity index (χ3n) is 2.58. The zero-order chi connectivity index (χ0) is 13.7. The first-order chi connectivity index (χ1) is 9.19. The SMILES string of the molecule is N#Cc1ccc(Br)cc1NC(=O)Cc1ccccc1. The number of rotatable bonds is 3. The molecule has 0 fully saturated rings.